The van der Waals surface area contributed by atoms with Crippen LogP contribution in [0.3, 0.4) is 0 Å². The second-order valence-corrected chi connectivity index (χ2v) is 5.40. The van der Waals surface area contributed by atoms with Crippen molar-refractivity contribution in [2.75, 3.05) is 0 Å². The minimum Gasteiger partial charge on any atom is -0.480 e. The van der Waals surface area contributed by atoms with Crippen molar-refractivity contribution in [2.24, 2.45) is 5.92 Å². The van der Waals surface area contributed by atoms with Crippen LogP contribution in [0.4, 0.5) is 4.39 Å². The van der Waals surface area contributed by atoms with Gasteiger partial charge in [0, 0.05) is 11.6 Å². The second kappa shape index (κ2) is 7.78. The monoisotopic (exact) mass is 313 g/mol. The van der Waals surface area contributed by atoms with E-state index in [4.69, 9.17) is 16.7 Å². The fraction of sp³-hybridized carbons (Fsp3) is 0.333. The lowest BCUT2D eigenvalue weighted by molar-refractivity contribution is -0.141. The molecule has 0 heterocycles. The Morgan fingerprint density at radius 2 is 2.10 bits per heavy atom. The van der Waals surface area contributed by atoms with Gasteiger partial charge in [-0.05, 0) is 30.5 Å². The molecule has 0 aromatic heterocycles. The largest absolute Gasteiger partial charge is 0.480 e. The number of amides is 1. The van der Waals surface area contributed by atoms with Gasteiger partial charge in [0.1, 0.15) is 11.9 Å². The highest BCUT2D eigenvalue weighted by atomic mass is 35.5. The average molecular weight is 314 g/mol. The maximum Gasteiger partial charge on any atom is 0.326 e. The van der Waals surface area contributed by atoms with Crippen LogP contribution in [0.15, 0.2) is 24.3 Å². The number of hydrogen-bond acceptors (Lipinski definition) is 2. The number of carboxylic acid groups (broad SMARTS) is 1. The van der Waals surface area contributed by atoms with Crippen molar-refractivity contribution in [3.63, 3.8) is 0 Å². The Bertz CT molecular complexity index is 538. The molecule has 0 aliphatic heterocycles. The van der Waals surface area contributed by atoms with E-state index in [0.717, 1.165) is 6.08 Å². The van der Waals surface area contributed by atoms with Crippen molar-refractivity contribution in [3.05, 3.63) is 40.7 Å². The van der Waals surface area contributed by atoms with Gasteiger partial charge in [-0.3, -0.25) is 4.79 Å². The van der Waals surface area contributed by atoms with E-state index in [1.165, 1.54) is 24.3 Å². The number of aliphatic carboxylic acids is 1. The van der Waals surface area contributed by atoms with E-state index in [-0.39, 0.29) is 16.5 Å². The maximum atomic E-state index is 13.5. The Balaban J connectivity index is 2.76. The minimum absolute atomic E-state index is 0.0880. The van der Waals surface area contributed by atoms with Crippen molar-refractivity contribution < 1.29 is 19.1 Å². The predicted molar refractivity (Wildman–Crippen MR) is 79.5 cm³/mol. The van der Waals surface area contributed by atoms with Gasteiger partial charge in [0.25, 0.3) is 0 Å². The van der Waals surface area contributed by atoms with Crippen molar-refractivity contribution in [2.45, 2.75) is 26.3 Å². The number of carboxylic acids is 1. The van der Waals surface area contributed by atoms with Crippen LogP contribution >= 0.6 is 11.6 Å². The second-order valence-electron chi connectivity index (χ2n) is 5.00. The molecule has 1 aromatic carbocycles. The van der Waals surface area contributed by atoms with E-state index in [2.05, 4.69) is 5.32 Å². The lowest BCUT2D eigenvalue weighted by atomic mass is 10.0. The van der Waals surface area contributed by atoms with Crippen molar-refractivity contribution >= 4 is 29.6 Å². The molecule has 2 N–H and O–H groups in total. The zero-order valence-electron chi connectivity index (χ0n) is 11.8. The minimum atomic E-state index is -1.10. The van der Waals surface area contributed by atoms with Crippen LogP contribution in [-0.4, -0.2) is 23.0 Å². The summed E-state index contributed by atoms with van der Waals surface area (Å²) >= 11 is 5.82. The van der Waals surface area contributed by atoms with E-state index >= 15 is 0 Å². The standard InChI is InChI=1S/C15H17ClFNO3/c1-9(2)8-13(15(20)21)18-14(19)7-6-10-11(16)4-3-5-12(10)17/h3-7,9,13H,8H2,1-2H3,(H,18,19)(H,20,21)/b7-6+/t13-/m0/s1. The topological polar surface area (TPSA) is 66.4 Å². The van der Waals surface area contributed by atoms with Crippen LogP contribution in [0, 0.1) is 11.7 Å². The summed E-state index contributed by atoms with van der Waals surface area (Å²) in [5.41, 5.74) is 0.0880. The van der Waals surface area contributed by atoms with E-state index in [1.54, 1.807) is 0 Å². The highest BCUT2D eigenvalue weighted by Crippen LogP contribution is 2.20. The van der Waals surface area contributed by atoms with E-state index in [1.807, 2.05) is 13.8 Å². The number of rotatable bonds is 6. The first-order valence-corrected chi connectivity index (χ1v) is 6.84. The highest BCUT2D eigenvalue weighted by molar-refractivity contribution is 6.32. The van der Waals surface area contributed by atoms with Gasteiger partial charge in [-0.2, -0.15) is 0 Å². The fourth-order valence-corrected chi connectivity index (χ4v) is 1.97. The van der Waals surface area contributed by atoms with Gasteiger partial charge in [0.2, 0.25) is 5.91 Å². The Labute approximate surface area is 127 Å². The molecule has 4 nitrogen and oxygen atoms in total. The Morgan fingerprint density at radius 3 is 2.62 bits per heavy atom. The molecule has 1 aromatic rings. The van der Waals surface area contributed by atoms with Gasteiger partial charge in [0.05, 0.1) is 5.02 Å². The van der Waals surface area contributed by atoms with Crippen molar-refractivity contribution in [1.29, 1.82) is 0 Å². The number of hydrogen-bond donors (Lipinski definition) is 2. The molecule has 1 rings (SSSR count). The molecule has 114 valence electrons. The Hall–Kier alpha value is -1.88. The molecular weight excluding hydrogens is 297 g/mol. The molecule has 1 atom stereocenters. The van der Waals surface area contributed by atoms with Gasteiger partial charge in [-0.1, -0.05) is 31.5 Å². The number of benzene rings is 1. The third-order valence-corrected chi connectivity index (χ3v) is 3.05. The molecular formula is C15H17ClFNO3. The van der Waals surface area contributed by atoms with Gasteiger partial charge >= 0.3 is 5.97 Å². The molecule has 0 fully saturated rings. The molecule has 6 heteroatoms. The maximum absolute atomic E-state index is 13.5. The van der Waals surface area contributed by atoms with E-state index in [0.29, 0.717) is 6.42 Å². The Morgan fingerprint density at radius 1 is 1.43 bits per heavy atom. The number of halogens is 2. The number of carbonyl (C=O) groups excluding carboxylic acids is 1. The zero-order chi connectivity index (χ0) is 16.0. The van der Waals surface area contributed by atoms with Gasteiger partial charge < -0.3 is 10.4 Å². The van der Waals surface area contributed by atoms with Gasteiger partial charge in [-0.15, -0.1) is 0 Å². The molecule has 0 aliphatic carbocycles. The molecule has 0 spiro atoms. The number of carbonyl (C=O) groups is 2. The molecule has 1 amide bonds. The summed E-state index contributed by atoms with van der Waals surface area (Å²) < 4.78 is 13.5. The molecule has 0 saturated heterocycles. The molecule has 0 bridgehead atoms. The summed E-state index contributed by atoms with van der Waals surface area (Å²) in [6.45, 7) is 3.72. The van der Waals surface area contributed by atoms with E-state index < -0.39 is 23.7 Å². The number of nitrogens with one attached hydrogen (secondary N) is 1. The summed E-state index contributed by atoms with van der Waals surface area (Å²) in [4.78, 5) is 22.7. The van der Waals surface area contributed by atoms with Crippen LogP contribution in [0.2, 0.25) is 5.02 Å². The summed E-state index contributed by atoms with van der Waals surface area (Å²) in [5, 5.41) is 11.6. The quantitative estimate of drug-likeness (QED) is 0.793. The molecule has 0 saturated carbocycles. The summed E-state index contributed by atoms with van der Waals surface area (Å²) in [7, 11) is 0. The van der Waals surface area contributed by atoms with Crippen LogP contribution in [0.5, 0.6) is 0 Å². The lowest BCUT2D eigenvalue weighted by Crippen LogP contribution is -2.40. The van der Waals surface area contributed by atoms with Crippen LogP contribution in [-0.2, 0) is 9.59 Å². The third-order valence-electron chi connectivity index (χ3n) is 2.72. The molecule has 0 aliphatic rings. The lowest BCUT2D eigenvalue weighted by Gasteiger charge is -2.15. The average Bonchev–Trinajstić information content (AvgIpc) is 2.36. The summed E-state index contributed by atoms with van der Waals surface area (Å²) in [6, 6.07) is 3.21. The molecule has 0 radical (unpaired) electrons. The highest BCUT2D eigenvalue weighted by Gasteiger charge is 2.20. The van der Waals surface area contributed by atoms with Gasteiger partial charge in [-0.25, -0.2) is 9.18 Å². The summed E-state index contributed by atoms with van der Waals surface area (Å²) in [5.74, 6) is -2.14. The first-order valence-electron chi connectivity index (χ1n) is 6.46. The predicted octanol–water partition coefficient (Wildman–Crippen LogP) is 3.11. The smallest absolute Gasteiger partial charge is 0.326 e. The summed E-state index contributed by atoms with van der Waals surface area (Å²) in [6.07, 6.45) is 2.61. The van der Waals surface area contributed by atoms with Crippen LogP contribution in [0.25, 0.3) is 6.08 Å². The zero-order valence-corrected chi connectivity index (χ0v) is 12.5. The molecule has 21 heavy (non-hydrogen) atoms. The van der Waals surface area contributed by atoms with Crippen molar-refractivity contribution in [3.8, 4) is 0 Å². The SMILES string of the molecule is CC(C)C[C@H](NC(=O)/C=C/c1c(F)cccc1Cl)C(=O)O. The first kappa shape index (κ1) is 17.2. The van der Waals surface area contributed by atoms with Crippen LogP contribution in [0.1, 0.15) is 25.8 Å². The fourth-order valence-electron chi connectivity index (χ4n) is 1.74. The first-order chi connectivity index (χ1) is 9.81. The van der Waals surface area contributed by atoms with E-state index in [9.17, 15) is 14.0 Å². The normalized spacial score (nSPS) is 12.6. The third kappa shape index (κ3) is 5.55. The van der Waals surface area contributed by atoms with Crippen molar-refractivity contribution in [1.82, 2.24) is 5.32 Å². The Kier molecular flexibility index (Phi) is 6.37. The molecule has 0 unspecified atom stereocenters. The van der Waals surface area contributed by atoms with Crippen LogP contribution < -0.4 is 5.32 Å². The van der Waals surface area contributed by atoms with Gasteiger partial charge in [0.15, 0.2) is 0 Å².